The highest BCUT2D eigenvalue weighted by Crippen LogP contribution is 2.36. The van der Waals surface area contributed by atoms with Gasteiger partial charge in [-0.3, -0.25) is 0 Å². The molecule has 2 aliphatic rings. The summed E-state index contributed by atoms with van der Waals surface area (Å²) in [5.41, 5.74) is 10.9. The second-order valence-corrected chi connectivity index (χ2v) is 8.38. The van der Waals surface area contributed by atoms with Crippen LogP contribution in [0.3, 0.4) is 0 Å². The average Bonchev–Trinajstić information content (AvgIpc) is 3.16. The Morgan fingerprint density at radius 3 is 2.74 bits per heavy atom. The van der Waals surface area contributed by atoms with E-state index in [4.69, 9.17) is 4.42 Å². The number of fused-ring (bicyclic) bond motifs is 4. The smallest absolute Gasteiger partial charge is 0.136 e. The molecule has 134 valence electrons. The molecule has 1 aliphatic heterocycles. The van der Waals surface area contributed by atoms with Gasteiger partial charge < -0.3 is 9.32 Å². The third kappa shape index (κ3) is 2.65. The van der Waals surface area contributed by atoms with Gasteiger partial charge in [-0.1, -0.05) is 56.8 Å². The van der Waals surface area contributed by atoms with Crippen LogP contribution in [0, 0.1) is 0 Å². The Morgan fingerprint density at radius 2 is 1.89 bits per heavy atom. The maximum absolute atomic E-state index is 6.01. The number of hydrogen-bond acceptors (Lipinski definition) is 2. The number of benzene rings is 2. The largest absolute Gasteiger partial charge is 0.456 e. The van der Waals surface area contributed by atoms with Gasteiger partial charge in [-0.2, -0.15) is 0 Å². The van der Waals surface area contributed by atoms with E-state index in [-0.39, 0.29) is 5.41 Å². The molecular weight excluding hydrogens is 330 g/mol. The number of para-hydroxylation sites is 1. The summed E-state index contributed by atoms with van der Waals surface area (Å²) in [5, 5.41) is 1.14. The van der Waals surface area contributed by atoms with Gasteiger partial charge in [0.15, 0.2) is 0 Å². The topological polar surface area (TPSA) is 16.4 Å². The van der Waals surface area contributed by atoms with Gasteiger partial charge in [0.05, 0.1) is 5.70 Å². The van der Waals surface area contributed by atoms with Gasteiger partial charge >= 0.3 is 0 Å². The van der Waals surface area contributed by atoms with Crippen LogP contribution in [-0.2, 0) is 11.8 Å². The highest BCUT2D eigenvalue weighted by Gasteiger charge is 2.24. The number of hydrogen-bond donors (Lipinski definition) is 0. The van der Waals surface area contributed by atoms with Crippen LogP contribution in [0.25, 0.3) is 23.1 Å². The summed E-state index contributed by atoms with van der Waals surface area (Å²) in [7, 11) is 0. The predicted molar refractivity (Wildman–Crippen MR) is 113 cm³/mol. The van der Waals surface area contributed by atoms with Crippen LogP contribution in [-0.4, -0.2) is 6.54 Å². The Hall–Kier alpha value is -2.96. The maximum Gasteiger partial charge on any atom is 0.136 e. The van der Waals surface area contributed by atoms with Gasteiger partial charge in [0.1, 0.15) is 11.3 Å². The van der Waals surface area contributed by atoms with Crippen molar-refractivity contribution < 1.29 is 4.42 Å². The first-order valence-corrected chi connectivity index (χ1v) is 9.58. The molecule has 0 fully saturated rings. The van der Waals surface area contributed by atoms with Gasteiger partial charge in [-0.25, -0.2) is 0 Å². The lowest BCUT2D eigenvalue weighted by Crippen LogP contribution is -2.18. The molecule has 0 radical (unpaired) electrons. The van der Waals surface area contributed by atoms with Crippen LogP contribution < -0.4 is 4.90 Å². The predicted octanol–water partition coefficient (Wildman–Crippen LogP) is 6.32. The summed E-state index contributed by atoms with van der Waals surface area (Å²) < 4.78 is 6.01. The van der Waals surface area contributed by atoms with E-state index in [2.05, 4.69) is 80.0 Å². The molecule has 0 amide bonds. The van der Waals surface area contributed by atoms with Crippen LogP contribution in [0.4, 0.5) is 5.69 Å². The minimum Gasteiger partial charge on any atom is -0.456 e. The summed E-state index contributed by atoms with van der Waals surface area (Å²) in [6.45, 7) is 7.80. The van der Waals surface area contributed by atoms with Crippen molar-refractivity contribution >= 4 is 28.8 Å². The quantitative estimate of drug-likeness (QED) is 0.476. The number of furan rings is 1. The summed E-state index contributed by atoms with van der Waals surface area (Å²) >= 11 is 0. The molecule has 0 N–H and O–H groups in total. The SMILES string of the molecule is CC(C)(C)c1ccc2c(c1)CCN2C1=C=Cc2c(oc3ccccc23)C=C1. The van der Waals surface area contributed by atoms with E-state index in [9.17, 15) is 0 Å². The molecular formula is C25H23NO. The van der Waals surface area contributed by atoms with Crippen molar-refractivity contribution in [2.45, 2.75) is 32.6 Å². The van der Waals surface area contributed by atoms with Gasteiger partial charge in [0.25, 0.3) is 0 Å². The Kier molecular flexibility index (Phi) is 3.47. The van der Waals surface area contributed by atoms with Crippen LogP contribution in [0.2, 0.25) is 0 Å². The fourth-order valence-corrected chi connectivity index (χ4v) is 3.99. The highest BCUT2D eigenvalue weighted by atomic mass is 16.3. The normalized spacial score (nSPS) is 15.7. The van der Waals surface area contributed by atoms with E-state index < -0.39 is 0 Å². The molecule has 0 atom stereocenters. The van der Waals surface area contributed by atoms with Crippen molar-refractivity contribution in [2.24, 2.45) is 0 Å². The van der Waals surface area contributed by atoms with Crippen molar-refractivity contribution in [3.05, 3.63) is 82.4 Å². The molecule has 1 aromatic heterocycles. The van der Waals surface area contributed by atoms with Gasteiger partial charge in [0, 0.05) is 23.2 Å². The summed E-state index contributed by atoms with van der Waals surface area (Å²) in [4.78, 5) is 2.36. The molecule has 0 spiro atoms. The number of nitrogens with zero attached hydrogens (tertiary/aromatic N) is 1. The fourth-order valence-electron chi connectivity index (χ4n) is 3.99. The van der Waals surface area contributed by atoms with Crippen molar-refractivity contribution in [1.29, 1.82) is 0 Å². The van der Waals surface area contributed by atoms with Gasteiger partial charge in [-0.15, -0.1) is 0 Å². The first kappa shape index (κ1) is 16.2. The van der Waals surface area contributed by atoms with E-state index in [1.165, 1.54) is 16.8 Å². The molecule has 27 heavy (non-hydrogen) atoms. The molecule has 0 unspecified atom stereocenters. The van der Waals surface area contributed by atoms with Gasteiger partial charge in [-0.05, 0) is 53.3 Å². The maximum atomic E-state index is 6.01. The van der Waals surface area contributed by atoms with E-state index in [1.807, 2.05) is 12.1 Å². The Morgan fingerprint density at radius 1 is 1.04 bits per heavy atom. The zero-order valence-corrected chi connectivity index (χ0v) is 16.0. The lowest BCUT2D eigenvalue weighted by molar-refractivity contribution is 0.590. The molecule has 5 rings (SSSR count). The van der Waals surface area contributed by atoms with E-state index in [1.54, 1.807) is 0 Å². The second-order valence-electron chi connectivity index (χ2n) is 8.38. The van der Waals surface area contributed by atoms with Crippen LogP contribution in [0.1, 0.15) is 43.2 Å². The number of allylic oxidation sites excluding steroid dienone is 1. The van der Waals surface area contributed by atoms with Crippen LogP contribution in [0.15, 0.2) is 64.4 Å². The summed E-state index contributed by atoms with van der Waals surface area (Å²) in [6, 6.07) is 15.1. The van der Waals surface area contributed by atoms with E-state index in [0.29, 0.717) is 0 Å². The number of rotatable bonds is 1. The van der Waals surface area contributed by atoms with Crippen molar-refractivity contribution in [1.82, 2.24) is 0 Å². The average molecular weight is 353 g/mol. The van der Waals surface area contributed by atoms with Gasteiger partial charge in [0.2, 0.25) is 0 Å². The van der Waals surface area contributed by atoms with E-state index >= 15 is 0 Å². The van der Waals surface area contributed by atoms with Crippen molar-refractivity contribution in [3.63, 3.8) is 0 Å². The minimum atomic E-state index is 0.180. The lowest BCUT2D eigenvalue weighted by atomic mass is 9.86. The molecule has 2 aromatic carbocycles. The van der Waals surface area contributed by atoms with Crippen LogP contribution >= 0.6 is 0 Å². The fraction of sp³-hybridized carbons (Fsp3) is 0.240. The standard InChI is InChI=1S/C25H23NO/c1-25(2,3)18-8-12-22-17(16-18)14-15-26(22)19-9-11-21-20-6-4-5-7-23(20)27-24(21)13-10-19/h4-8,10-13,16H,14-15H2,1-3H3. The first-order valence-electron chi connectivity index (χ1n) is 9.58. The van der Waals surface area contributed by atoms with E-state index in [0.717, 1.165) is 41.0 Å². The highest BCUT2D eigenvalue weighted by molar-refractivity contribution is 5.91. The van der Waals surface area contributed by atoms with Crippen molar-refractivity contribution in [2.75, 3.05) is 11.4 Å². The third-order valence-corrected chi connectivity index (χ3v) is 5.55. The molecule has 2 heterocycles. The Labute approximate surface area is 160 Å². The molecule has 2 nitrogen and oxygen atoms in total. The Bertz CT molecular complexity index is 1150. The molecule has 1 aliphatic carbocycles. The van der Waals surface area contributed by atoms with Crippen molar-refractivity contribution in [3.8, 4) is 0 Å². The zero-order valence-electron chi connectivity index (χ0n) is 16.0. The zero-order chi connectivity index (χ0) is 18.6. The molecule has 3 aromatic rings. The number of anilines is 1. The summed E-state index contributed by atoms with van der Waals surface area (Å²) in [6.07, 6.45) is 7.34. The Balaban J connectivity index is 1.55. The molecule has 0 bridgehead atoms. The monoisotopic (exact) mass is 353 g/mol. The minimum absolute atomic E-state index is 0.180. The lowest BCUT2D eigenvalue weighted by Gasteiger charge is -2.22. The summed E-state index contributed by atoms with van der Waals surface area (Å²) in [5.74, 6) is 0.904. The molecule has 0 saturated carbocycles. The second kappa shape index (κ2) is 5.77. The molecule has 0 saturated heterocycles. The van der Waals surface area contributed by atoms with Crippen LogP contribution in [0.5, 0.6) is 0 Å². The molecule has 2 heteroatoms. The first-order chi connectivity index (χ1) is 13.0. The third-order valence-electron chi connectivity index (χ3n) is 5.55.